The number of benzene rings is 6. The van der Waals surface area contributed by atoms with E-state index in [-0.39, 0.29) is 0 Å². The molecule has 0 N–H and O–H groups in total. The SMILES string of the molecule is c1ccc(-c2cc(-c3ccc(-c4cccnc4)cc3)nc(-c3ccc(-c4ccc5c6c(cccc46)-c4ccccc4-5)cc3)n2)cc1. The minimum atomic E-state index is 0.704. The van der Waals surface area contributed by atoms with Crippen molar-refractivity contribution in [3.05, 3.63) is 164 Å². The van der Waals surface area contributed by atoms with Crippen LogP contribution in [-0.2, 0) is 0 Å². The summed E-state index contributed by atoms with van der Waals surface area (Å²) >= 11 is 0. The van der Waals surface area contributed by atoms with Gasteiger partial charge in [0.2, 0.25) is 0 Å². The smallest absolute Gasteiger partial charge is 0.160 e. The Labute approximate surface area is 267 Å². The summed E-state index contributed by atoms with van der Waals surface area (Å²) in [6, 6.07) is 53.5. The molecule has 0 spiro atoms. The van der Waals surface area contributed by atoms with E-state index in [2.05, 4.69) is 132 Å². The Morgan fingerprint density at radius 2 is 0.913 bits per heavy atom. The first-order chi connectivity index (χ1) is 22.8. The zero-order chi connectivity index (χ0) is 30.5. The van der Waals surface area contributed by atoms with Gasteiger partial charge in [-0.05, 0) is 67.4 Å². The highest BCUT2D eigenvalue weighted by atomic mass is 14.9. The third-order valence-electron chi connectivity index (χ3n) is 8.97. The third kappa shape index (κ3) is 4.41. The van der Waals surface area contributed by atoms with Gasteiger partial charge in [0.25, 0.3) is 0 Å². The molecular formula is C43H27N3. The quantitative estimate of drug-likeness (QED) is 0.202. The van der Waals surface area contributed by atoms with Gasteiger partial charge in [-0.3, -0.25) is 4.98 Å². The normalized spacial score (nSPS) is 11.5. The van der Waals surface area contributed by atoms with Gasteiger partial charge in [-0.1, -0.05) is 140 Å². The second kappa shape index (κ2) is 10.8. The number of hydrogen-bond donors (Lipinski definition) is 0. The average molecular weight is 586 g/mol. The molecule has 2 aromatic heterocycles. The lowest BCUT2D eigenvalue weighted by atomic mass is 9.94. The van der Waals surface area contributed by atoms with Crippen LogP contribution in [0.25, 0.3) is 89.2 Å². The van der Waals surface area contributed by atoms with Crippen molar-refractivity contribution in [1.29, 1.82) is 0 Å². The molecule has 1 aliphatic rings. The predicted molar refractivity (Wildman–Crippen MR) is 189 cm³/mol. The number of fused-ring (bicyclic) bond motifs is 3. The first-order valence-corrected chi connectivity index (χ1v) is 15.5. The van der Waals surface area contributed by atoms with E-state index in [0.29, 0.717) is 5.82 Å². The van der Waals surface area contributed by atoms with E-state index in [1.54, 1.807) is 6.20 Å². The summed E-state index contributed by atoms with van der Waals surface area (Å²) in [4.78, 5) is 14.4. The number of hydrogen-bond acceptors (Lipinski definition) is 3. The summed E-state index contributed by atoms with van der Waals surface area (Å²) in [5.41, 5.74) is 14.7. The molecule has 0 atom stereocenters. The first-order valence-electron chi connectivity index (χ1n) is 15.5. The lowest BCUT2D eigenvalue weighted by Crippen LogP contribution is -1.96. The molecule has 2 heterocycles. The molecule has 3 heteroatoms. The van der Waals surface area contributed by atoms with Gasteiger partial charge in [0.15, 0.2) is 5.82 Å². The molecule has 9 rings (SSSR count). The maximum absolute atomic E-state index is 5.09. The summed E-state index contributed by atoms with van der Waals surface area (Å²) in [5, 5.41) is 2.61. The Balaban J connectivity index is 1.11. The van der Waals surface area contributed by atoms with Gasteiger partial charge < -0.3 is 0 Å². The number of rotatable bonds is 5. The van der Waals surface area contributed by atoms with Crippen molar-refractivity contribution in [2.75, 3.05) is 0 Å². The van der Waals surface area contributed by atoms with Crippen molar-refractivity contribution in [2.45, 2.75) is 0 Å². The molecule has 8 aromatic rings. The Kier molecular flexibility index (Phi) is 6.14. The molecule has 0 bridgehead atoms. The maximum atomic E-state index is 5.09. The van der Waals surface area contributed by atoms with Crippen LogP contribution in [0, 0.1) is 0 Å². The highest BCUT2D eigenvalue weighted by molar-refractivity contribution is 6.18. The standard InChI is InChI=1S/C43H27N3/c1-2-8-30(9-3-1)40-26-41(31-19-15-28(16-20-31)33-10-7-25-44-27-33)46-43(45-40)32-21-17-29(18-22-32)34-23-24-39-36-12-5-4-11-35(36)38-14-6-13-37(34)42(38)39/h1-27H. The Morgan fingerprint density at radius 3 is 1.63 bits per heavy atom. The summed E-state index contributed by atoms with van der Waals surface area (Å²) < 4.78 is 0. The van der Waals surface area contributed by atoms with Crippen molar-refractivity contribution in [3.8, 4) is 78.4 Å². The molecule has 0 amide bonds. The number of aromatic nitrogens is 3. The van der Waals surface area contributed by atoms with Crippen LogP contribution in [0.4, 0.5) is 0 Å². The molecule has 46 heavy (non-hydrogen) atoms. The maximum Gasteiger partial charge on any atom is 0.160 e. The largest absolute Gasteiger partial charge is 0.264 e. The molecule has 0 unspecified atom stereocenters. The van der Waals surface area contributed by atoms with Crippen LogP contribution in [0.15, 0.2) is 164 Å². The predicted octanol–water partition coefficient (Wildman–Crippen LogP) is 11.0. The zero-order valence-electron chi connectivity index (χ0n) is 24.9. The number of pyridine rings is 1. The fourth-order valence-corrected chi connectivity index (χ4v) is 6.71. The molecule has 0 aliphatic heterocycles. The van der Waals surface area contributed by atoms with E-state index in [1.165, 1.54) is 44.2 Å². The summed E-state index contributed by atoms with van der Waals surface area (Å²) in [6.07, 6.45) is 3.68. The van der Waals surface area contributed by atoms with Crippen LogP contribution >= 0.6 is 0 Å². The van der Waals surface area contributed by atoms with Crippen molar-refractivity contribution < 1.29 is 0 Å². The van der Waals surface area contributed by atoms with Crippen molar-refractivity contribution >= 4 is 10.8 Å². The number of nitrogens with zero attached hydrogens (tertiary/aromatic N) is 3. The fourth-order valence-electron chi connectivity index (χ4n) is 6.71. The van der Waals surface area contributed by atoms with Gasteiger partial charge in [-0.2, -0.15) is 0 Å². The van der Waals surface area contributed by atoms with Gasteiger partial charge in [-0.15, -0.1) is 0 Å². The molecule has 0 saturated heterocycles. The highest BCUT2D eigenvalue weighted by Crippen LogP contribution is 2.49. The molecule has 0 fully saturated rings. The van der Waals surface area contributed by atoms with E-state index in [9.17, 15) is 0 Å². The van der Waals surface area contributed by atoms with Gasteiger partial charge in [-0.25, -0.2) is 9.97 Å². The van der Waals surface area contributed by atoms with E-state index in [0.717, 1.165) is 39.2 Å². The van der Waals surface area contributed by atoms with Gasteiger partial charge in [0.1, 0.15) is 0 Å². The Morgan fingerprint density at radius 1 is 0.348 bits per heavy atom. The summed E-state index contributed by atoms with van der Waals surface area (Å²) in [6.45, 7) is 0. The van der Waals surface area contributed by atoms with Crippen molar-refractivity contribution in [1.82, 2.24) is 15.0 Å². The fraction of sp³-hybridized carbons (Fsp3) is 0. The van der Waals surface area contributed by atoms with Crippen molar-refractivity contribution in [2.24, 2.45) is 0 Å². The monoisotopic (exact) mass is 585 g/mol. The van der Waals surface area contributed by atoms with Crippen LogP contribution in [0.1, 0.15) is 0 Å². The van der Waals surface area contributed by atoms with Gasteiger partial charge >= 0.3 is 0 Å². The molecule has 0 radical (unpaired) electrons. The Hall–Kier alpha value is -6.19. The van der Waals surface area contributed by atoms with E-state index >= 15 is 0 Å². The molecule has 214 valence electrons. The Bertz CT molecular complexity index is 2350. The molecule has 0 saturated carbocycles. The third-order valence-corrected chi connectivity index (χ3v) is 8.97. The molecule has 1 aliphatic carbocycles. The average Bonchev–Trinajstić information content (AvgIpc) is 3.47. The first kappa shape index (κ1) is 26.2. The minimum Gasteiger partial charge on any atom is -0.264 e. The van der Waals surface area contributed by atoms with E-state index in [1.807, 2.05) is 30.5 Å². The van der Waals surface area contributed by atoms with Crippen LogP contribution in [0.2, 0.25) is 0 Å². The second-order valence-electron chi connectivity index (χ2n) is 11.7. The van der Waals surface area contributed by atoms with Crippen LogP contribution in [0.5, 0.6) is 0 Å². The molecular weight excluding hydrogens is 558 g/mol. The van der Waals surface area contributed by atoms with E-state index < -0.39 is 0 Å². The zero-order valence-corrected chi connectivity index (χ0v) is 24.9. The minimum absolute atomic E-state index is 0.704. The van der Waals surface area contributed by atoms with Gasteiger partial charge in [0, 0.05) is 29.1 Å². The molecule has 3 nitrogen and oxygen atoms in total. The lowest BCUT2D eigenvalue weighted by molar-refractivity contribution is 1.18. The highest BCUT2D eigenvalue weighted by Gasteiger charge is 2.22. The topological polar surface area (TPSA) is 38.7 Å². The summed E-state index contributed by atoms with van der Waals surface area (Å²) in [7, 11) is 0. The second-order valence-corrected chi connectivity index (χ2v) is 11.7. The molecule has 6 aromatic carbocycles. The van der Waals surface area contributed by atoms with Crippen LogP contribution in [-0.4, -0.2) is 15.0 Å². The van der Waals surface area contributed by atoms with E-state index in [4.69, 9.17) is 9.97 Å². The van der Waals surface area contributed by atoms with Crippen molar-refractivity contribution in [3.63, 3.8) is 0 Å². The van der Waals surface area contributed by atoms with Crippen LogP contribution < -0.4 is 0 Å². The van der Waals surface area contributed by atoms with Gasteiger partial charge in [0.05, 0.1) is 11.4 Å². The lowest BCUT2D eigenvalue weighted by Gasteiger charge is -2.12. The van der Waals surface area contributed by atoms with Crippen LogP contribution in [0.3, 0.4) is 0 Å². The summed E-state index contributed by atoms with van der Waals surface area (Å²) in [5.74, 6) is 0.704.